The molecule has 1 nitrogen and oxygen atoms in total. The topological polar surface area (TPSA) is 12.0 Å². The van der Waals surface area contributed by atoms with Crippen molar-refractivity contribution in [1.29, 1.82) is 0 Å². The molecule has 6 heteroatoms. The van der Waals surface area contributed by atoms with E-state index in [9.17, 15) is 17.6 Å². The second-order valence-corrected chi connectivity index (χ2v) is 5.35. The van der Waals surface area contributed by atoms with Crippen molar-refractivity contribution in [2.45, 2.75) is 12.6 Å². The van der Waals surface area contributed by atoms with Gasteiger partial charge >= 0.3 is 6.18 Å². The van der Waals surface area contributed by atoms with Gasteiger partial charge in [-0.2, -0.15) is 13.2 Å². The molecule has 0 aromatic heterocycles. The van der Waals surface area contributed by atoms with E-state index in [2.05, 4.69) is 21.2 Å². The maximum absolute atomic E-state index is 13.0. The summed E-state index contributed by atoms with van der Waals surface area (Å²) in [6.45, 7) is 0.493. The smallest absolute Gasteiger partial charge is 0.384 e. The van der Waals surface area contributed by atoms with Crippen molar-refractivity contribution in [3.8, 4) is 0 Å². The molecule has 0 aliphatic carbocycles. The van der Waals surface area contributed by atoms with Gasteiger partial charge in [0, 0.05) is 16.7 Å². The van der Waals surface area contributed by atoms with Crippen molar-refractivity contribution in [2.75, 3.05) is 11.9 Å². The van der Waals surface area contributed by atoms with Crippen LogP contribution >= 0.6 is 15.9 Å². The van der Waals surface area contributed by atoms with Gasteiger partial charge in [-0.15, -0.1) is 0 Å². The highest BCUT2D eigenvalue weighted by Crippen LogP contribution is 2.33. The maximum Gasteiger partial charge on any atom is 0.416 e. The molecule has 0 amide bonds. The molecule has 0 saturated heterocycles. The molecule has 2 aromatic carbocycles. The van der Waals surface area contributed by atoms with Gasteiger partial charge in [-0.1, -0.05) is 12.1 Å². The van der Waals surface area contributed by atoms with Gasteiger partial charge in [-0.05, 0) is 58.2 Å². The van der Waals surface area contributed by atoms with Gasteiger partial charge in [-0.3, -0.25) is 0 Å². The first-order valence-corrected chi connectivity index (χ1v) is 7.00. The van der Waals surface area contributed by atoms with Crippen LogP contribution in [-0.4, -0.2) is 6.54 Å². The summed E-state index contributed by atoms with van der Waals surface area (Å²) in [5.41, 5.74) is 0.690. The summed E-state index contributed by atoms with van der Waals surface area (Å²) in [5.74, 6) is -0.303. The molecule has 0 heterocycles. The SMILES string of the molecule is Fc1cccc(CCNc2ccc(C(F)(F)F)cc2Br)c1. The lowest BCUT2D eigenvalue weighted by molar-refractivity contribution is -0.137. The van der Waals surface area contributed by atoms with E-state index in [-0.39, 0.29) is 5.82 Å². The number of benzene rings is 2. The average molecular weight is 362 g/mol. The van der Waals surface area contributed by atoms with Crippen LogP contribution in [0.15, 0.2) is 46.9 Å². The monoisotopic (exact) mass is 361 g/mol. The molecule has 0 radical (unpaired) electrons. The molecule has 0 spiro atoms. The van der Waals surface area contributed by atoms with E-state index in [1.807, 2.05) is 0 Å². The lowest BCUT2D eigenvalue weighted by atomic mass is 10.1. The number of hydrogen-bond acceptors (Lipinski definition) is 1. The van der Waals surface area contributed by atoms with Gasteiger partial charge in [0.25, 0.3) is 0 Å². The highest BCUT2D eigenvalue weighted by molar-refractivity contribution is 9.10. The third kappa shape index (κ3) is 4.46. The minimum absolute atomic E-state index is 0.303. The van der Waals surface area contributed by atoms with E-state index in [0.29, 0.717) is 23.1 Å². The minimum atomic E-state index is -4.36. The molecule has 0 aliphatic rings. The Morgan fingerprint density at radius 3 is 2.43 bits per heavy atom. The first-order chi connectivity index (χ1) is 9.86. The predicted octanol–water partition coefficient (Wildman–Crippen LogP) is 5.26. The second-order valence-electron chi connectivity index (χ2n) is 4.50. The summed E-state index contributed by atoms with van der Waals surface area (Å²) >= 11 is 3.12. The van der Waals surface area contributed by atoms with Crippen LogP contribution < -0.4 is 5.32 Å². The van der Waals surface area contributed by atoms with Crippen molar-refractivity contribution in [3.05, 3.63) is 63.9 Å². The first kappa shape index (κ1) is 15.8. The molecule has 0 aliphatic heterocycles. The normalized spacial score (nSPS) is 11.5. The molecule has 1 N–H and O–H groups in total. The predicted molar refractivity (Wildman–Crippen MR) is 77.7 cm³/mol. The van der Waals surface area contributed by atoms with E-state index in [1.165, 1.54) is 18.2 Å². The highest BCUT2D eigenvalue weighted by atomic mass is 79.9. The lowest BCUT2D eigenvalue weighted by Gasteiger charge is -2.12. The Bertz CT molecular complexity index is 625. The Labute approximate surface area is 128 Å². The van der Waals surface area contributed by atoms with Crippen LogP contribution in [0.5, 0.6) is 0 Å². The molecular formula is C15H12BrF4N. The molecule has 0 saturated carbocycles. The van der Waals surface area contributed by atoms with Gasteiger partial charge in [0.1, 0.15) is 5.82 Å². The summed E-state index contributed by atoms with van der Waals surface area (Å²) < 4.78 is 50.9. The Morgan fingerprint density at radius 1 is 1.05 bits per heavy atom. The van der Waals surface area contributed by atoms with Crippen LogP contribution in [0, 0.1) is 5.82 Å². The largest absolute Gasteiger partial charge is 0.416 e. The Balaban J connectivity index is 1.98. The minimum Gasteiger partial charge on any atom is -0.384 e. The van der Waals surface area contributed by atoms with Crippen LogP contribution in [0.25, 0.3) is 0 Å². The van der Waals surface area contributed by atoms with Crippen molar-refractivity contribution >= 4 is 21.6 Å². The molecule has 0 atom stereocenters. The zero-order valence-electron chi connectivity index (χ0n) is 10.8. The number of hydrogen-bond donors (Lipinski definition) is 1. The van der Waals surface area contributed by atoms with Crippen LogP contribution in [-0.2, 0) is 12.6 Å². The fourth-order valence-electron chi connectivity index (χ4n) is 1.87. The van der Waals surface area contributed by atoms with E-state index >= 15 is 0 Å². The van der Waals surface area contributed by atoms with E-state index in [0.717, 1.165) is 17.7 Å². The highest BCUT2D eigenvalue weighted by Gasteiger charge is 2.30. The number of alkyl halides is 3. The fraction of sp³-hybridized carbons (Fsp3) is 0.200. The third-order valence-corrected chi connectivity index (χ3v) is 3.57. The van der Waals surface area contributed by atoms with Gasteiger partial charge in [0.15, 0.2) is 0 Å². The molecule has 112 valence electrons. The number of nitrogens with one attached hydrogen (secondary N) is 1. The van der Waals surface area contributed by atoms with Crippen molar-refractivity contribution < 1.29 is 17.6 Å². The van der Waals surface area contributed by atoms with Gasteiger partial charge in [0.05, 0.1) is 5.56 Å². The zero-order valence-corrected chi connectivity index (χ0v) is 12.4. The number of anilines is 1. The average Bonchev–Trinajstić information content (AvgIpc) is 2.39. The molecule has 0 bridgehead atoms. The van der Waals surface area contributed by atoms with Crippen molar-refractivity contribution in [2.24, 2.45) is 0 Å². The summed E-state index contributed by atoms with van der Waals surface area (Å²) in [7, 11) is 0. The Kier molecular flexibility index (Phi) is 4.88. The number of rotatable bonds is 4. The summed E-state index contributed by atoms with van der Waals surface area (Å²) in [6, 6.07) is 9.65. The summed E-state index contributed by atoms with van der Waals surface area (Å²) in [4.78, 5) is 0. The molecule has 0 unspecified atom stereocenters. The first-order valence-electron chi connectivity index (χ1n) is 6.21. The standard InChI is InChI=1S/C15H12BrF4N/c16-13-9-11(15(18,19)20)4-5-14(13)21-7-6-10-2-1-3-12(17)8-10/h1-5,8-9,21H,6-7H2. The molecule has 21 heavy (non-hydrogen) atoms. The van der Waals surface area contributed by atoms with Crippen molar-refractivity contribution in [1.82, 2.24) is 0 Å². The van der Waals surface area contributed by atoms with Crippen LogP contribution in [0.3, 0.4) is 0 Å². The van der Waals surface area contributed by atoms with Crippen LogP contribution in [0.1, 0.15) is 11.1 Å². The molecular weight excluding hydrogens is 350 g/mol. The molecule has 2 aromatic rings. The van der Waals surface area contributed by atoms with E-state index in [4.69, 9.17) is 0 Å². The maximum atomic E-state index is 13.0. The number of halogens is 5. The van der Waals surface area contributed by atoms with Gasteiger partial charge in [0.2, 0.25) is 0 Å². The fourth-order valence-corrected chi connectivity index (χ4v) is 2.39. The molecule has 0 fully saturated rings. The summed E-state index contributed by atoms with van der Waals surface area (Å²) in [5, 5.41) is 3.02. The van der Waals surface area contributed by atoms with Crippen molar-refractivity contribution in [3.63, 3.8) is 0 Å². The molecule has 2 rings (SSSR count). The lowest BCUT2D eigenvalue weighted by Crippen LogP contribution is -2.08. The van der Waals surface area contributed by atoms with E-state index < -0.39 is 11.7 Å². The third-order valence-electron chi connectivity index (χ3n) is 2.91. The van der Waals surface area contributed by atoms with Gasteiger partial charge < -0.3 is 5.32 Å². The quantitative estimate of drug-likeness (QED) is 0.732. The van der Waals surface area contributed by atoms with Crippen LogP contribution in [0.4, 0.5) is 23.2 Å². The van der Waals surface area contributed by atoms with E-state index in [1.54, 1.807) is 12.1 Å². The van der Waals surface area contributed by atoms with Crippen LogP contribution in [0.2, 0.25) is 0 Å². The Morgan fingerprint density at radius 2 is 1.81 bits per heavy atom. The van der Waals surface area contributed by atoms with Gasteiger partial charge in [-0.25, -0.2) is 4.39 Å². The summed E-state index contributed by atoms with van der Waals surface area (Å²) in [6.07, 6.45) is -3.78. The zero-order chi connectivity index (χ0) is 15.5. The Hall–Kier alpha value is -1.56. The second kappa shape index (κ2) is 6.47.